The predicted molar refractivity (Wildman–Crippen MR) is 118 cm³/mol. The SMILES string of the molecule is O=C(CCCCCCCCCCCCCCCCC(O)(O)O)OCC(CO)(CO)CO. The van der Waals surface area contributed by atoms with E-state index in [2.05, 4.69) is 0 Å². The minimum Gasteiger partial charge on any atom is -0.465 e. The maximum Gasteiger partial charge on any atom is 0.305 e. The summed E-state index contributed by atoms with van der Waals surface area (Å²) in [5.74, 6) is -2.87. The highest BCUT2D eigenvalue weighted by Gasteiger charge is 2.30. The van der Waals surface area contributed by atoms with Gasteiger partial charge in [-0.15, -0.1) is 0 Å². The Bertz CT molecular complexity index is 410. The van der Waals surface area contributed by atoms with Crippen molar-refractivity contribution in [2.75, 3.05) is 26.4 Å². The van der Waals surface area contributed by atoms with Crippen LogP contribution in [-0.2, 0) is 9.53 Å². The van der Waals surface area contributed by atoms with Crippen LogP contribution in [0.3, 0.4) is 0 Å². The van der Waals surface area contributed by atoms with Crippen LogP contribution in [0.25, 0.3) is 0 Å². The van der Waals surface area contributed by atoms with Gasteiger partial charge in [-0.2, -0.15) is 0 Å². The number of carbonyl (C=O) groups excluding carboxylic acids is 1. The predicted octanol–water partition coefficient (Wildman–Crippen LogP) is 2.37. The van der Waals surface area contributed by atoms with Crippen molar-refractivity contribution < 1.29 is 40.2 Å². The summed E-state index contributed by atoms with van der Waals surface area (Å²) in [5, 5.41) is 53.9. The average Bonchev–Trinajstić information content (AvgIpc) is 2.74. The Labute approximate surface area is 187 Å². The molecule has 31 heavy (non-hydrogen) atoms. The van der Waals surface area contributed by atoms with E-state index < -0.39 is 31.2 Å². The lowest BCUT2D eigenvalue weighted by molar-refractivity contribution is -0.315. The van der Waals surface area contributed by atoms with Gasteiger partial charge >= 0.3 is 5.97 Å². The van der Waals surface area contributed by atoms with E-state index in [0.717, 1.165) is 38.5 Å². The summed E-state index contributed by atoms with van der Waals surface area (Å²) in [4.78, 5) is 11.7. The molecular weight excluding hydrogens is 404 g/mol. The third kappa shape index (κ3) is 18.5. The molecule has 0 radical (unpaired) electrons. The monoisotopic (exact) mass is 450 g/mol. The first kappa shape index (κ1) is 30.2. The van der Waals surface area contributed by atoms with E-state index in [0.29, 0.717) is 12.8 Å². The number of aliphatic hydroxyl groups is 6. The number of carbonyl (C=O) groups is 1. The normalized spacial score (nSPS) is 12.3. The van der Waals surface area contributed by atoms with E-state index in [1.807, 2.05) is 0 Å². The van der Waals surface area contributed by atoms with Gasteiger partial charge in [0.1, 0.15) is 6.61 Å². The Morgan fingerprint density at radius 1 is 0.581 bits per heavy atom. The van der Waals surface area contributed by atoms with Gasteiger partial charge in [0.25, 0.3) is 5.97 Å². The number of unbranched alkanes of at least 4 members (excludes halogenated alkanes) is 13. The second kappa shape index (κ2) is 18.8. The molecule has 0 saturated carbocycles. The molecule has 0 aromatic rings. The standard InChI is InChI=1S/C23H46O8/c24-17-22(18-25,19-26)20-31-21(27)15-13-11-9-7-5-3-1-2-4-6-8-10-12-14-16-23(28,29)30/h24-26,28-30H,1-20H2. The third-order valence-corrected chi connectivity index (χ3v) is 5.69. The first-order valence-corrected chi connectivity index (χ1v) is 11.9. The van der Waals surface area contributed by atoms with Gasteiger partial charge in [-0.05, 0) is 12.8 Å². The number of rotatable bonds is 22. The van der Waals surface area contributed by atoms with Crippen LogP contribution in [0.4, 0.5) is 0 Å². The molecule has 0 saturated heterocycles. The highest BCUT2D eigenvalue weighted by Crippen LogP contribution is 2.17. The molecule has 6 N–H and O–H groups in total. The summed E-state index contributed by atoms with van der Waals surface area (Å²) in [5.41, 5.74) is -1.16. The van der Waals surface area contributed by atoms with Crippen LogP contribution in [0.1, 0.15) is 103 Å². The second-order valence-electron chi connectivity index (χ2n) is 8.86. The quantitative estimate of drug-likeness (QED) is 0.0837. The number of hydrogen-bond donors (Lipinski definition) is 6. The summed E-state index contributed by atoms with van der Waals surface area (Å²) in [7, 11) is 0. The van der Waals surface area contributed by atoms with Gasteiger partial charge < -0.3 is 35.4 Å². The Kier molecular flexibility index (Phi) is 18.3. The fourth-order valence-corrected chi connectivity index (χ4v) is 3.35. The molecule has 0 heterocycles. The first-order valence-electron chi connectivity index (χ1n) is 11.9. The Morgan fingerprint density at radius 2 is 0.935 bits per heavy atom. The van der Waals surface area contributed by atoms with Crippen molar-refractivity contribution in [3.63, 3.8) is 0 Å². The van der Waals surface area contributed by atoms with E-state index in [1.54, 1.807) is 0 Å². The Balaban J connectivity index is 3.35. The number of aliphatic hydroxyl groups excluding tert-OH is 3. The molecule has 0 aromatic heterocycles. The van der Waals surface area contributed by atoms with Gasteiger partial charge in [-0.1, -0.05) is 77.0 Å². The van der Waals surface area contributed by atoms with Crippen molar-refractivity contribution in [3.8, 4) is 0 Å². The van der Waals surface area contributed by atoms with Gasteiger partial charge in [0, 0.05) is 12.8 Å². The molecule has 0 spiro atoms. The molecule has 0 fully saturated rings. The molecule has 0 aliphatic carbocycles. The fourth-order valence-electron chi connectivity index (χ4n) is 3.35. The molecule has 0 aromatic carbocycles. The lowest BCUT2D eigenvalue weighted by Gasteiger charge is -2.26. The number of esters is 1. The van der Waals surface area contributed by atoms with Crippen molar-refractivity contribution in [2.45, 2.75) is 109 Å². The van der Waals surface area contributed by atoms with E-state index in [-0.39, 0.29) is 19.0 Å². The Morgan fingerprint density at radius 3 is 1.29 bits per heavy atom. The molecule has 0 aliphatic rings. The topological polar surface area (TPSA) is 148 Å². The fraction of sp³-hybridized carbons (Fsp3) is 0.957. The zero-order valence-electron chi connectivity index (χ0n) is 19.1. The molecule has 8 nitrogen and oxygen atoms in total. The average molecular weight is 451 g/mol. The van der Waals surface area contributed by atoms with Crippen molar-refractivity contribution in [1.82, 2.24) is 0 Å². The molecule has 186 valence electrons. The Hall–Kier alpha value is -0.770. The van der Waals surface area contributed by atoms with Crippen molar-refractivity contribution in [1.29, 1.82) is 0 Å². The van der Waals surface area contributed by atoms with Crippen molar-refractivity contribution in [3.05, 3.63) is 0 Å². The van der Waals surface area contributed by atoms with Crippen LogP contribution in [0.15, 0.2) is 0 Å². The lowest BCUT2D eigenvalue weighted by Crippen LogP contribution is -2.39. The van der Waals surface area contributed by atoms with Gasteiger partial charge in [-0.3, -0.25) is 4.79 Å². The summed E-state index contributed by atoms with van der Waals surface area (Å²) >= 11 is 0. The zero-order valence-corrected chi connectivity index (χ0v) is 19.1. The van der Waals surface area contributed by atoms with Crippen LogP contribution in [0.5, 0.6) is 0 Å². The summed E-state index contributed by atoms with van der Waals surface area (Å²) < 4.78 is 5.06. The smallest absolute Gasteiger partial charge is 0.305 e. The van der Waals surface area contributed by atoms with Crippen LogP contribution in [0.2, 0.25) is 0 Å². The van der Waals surface area contributed by atoms with E-state index in [4.69, 9.17) is 20.1 Å². The second-order valence-corrected chi connectivity index (χ2v) is 8.86. The van der Waals surface area contributed by atoms with Crippen LogP contribution < -0.4 is 0 Å². The van der Waals surface area contributed by atoms with Crippen molar-refractivity contribution >= 4 is 5.97 Å². The van der Waals surface area contributed by atoms with Crippen LogP contribution in [0, 0.1) is 5.41 Å². The molecule has 8 heteroatoms. The lowest BCUT2D eigenvalue weighted by atomic mass is 9.93. The van der Waals surface area contributed by atoms with E-state index in [1.165, 1.54) is 44.9 Å². The number of ether oxygens (including phenoxy) is 1. The van der Waals surface area contributed by atoms with Gasteiger partial charge in [-0.25, -0.2) is 0 Å². The minimum atomic E-state index is -2.51. The molecule has 0 amide bonds. The van der Waals surface area contributed by atoms with Gasteiger partial charge in [0.15, 0.2) is 0 Å². The van der Waals surface area contributed by atoms with E-state index in [9.17, 15) is 20.1 Å². The first-order chi connectivity index (χ1) is 14.8. The maximum atomic E-state index is 11.7. The summed E-state index contributed by atoms with van der Waals surface area (Å²) in [6, 6.07) is 0. The molecule has 0 unspecified atom stereocenters. The zero-order chi connectivity index (χ0) is 23.4. The molecule has 0 rings (SSSR count). The highest BCUT2D eigenvalue weighted by molar-refractivity contribution is 5.69. The third-order valence-electron chi connectivity index (χ3n) is 5.69. The highest BCUT2D eigenvalue weighted by atomic mass is 16.7. The van der Waals surface area contributed by atoms with E-state index >= 15 is 0 Å². The van der Waals surface area contributed by atoms with Crippen LogP contribution >= 0.6 is 0 Å². The summed E-state index contributed by atoms with van der Waals surface area (Å²) in [6.45, 7) is -1.48. The van der Waals surface area contributed by atoms with Crippen molar-refractivity contribution in [2.24, 2.45) is 5.41 Å². The largest absolute Gasteiger partial charge is 0.465 e. The van der Waals surface area contributed by atoms with Gasteiger partial charge in [0.2, 0.25) is 0 Å². The summed E-state index contributed by atoms with van der Waals surface area (Å²) in [6.07, 6.45) is 15.5. The molecular formula is C23H46O8. The minimum absolute atomic E-state index is 0.0115. The maximum absolute atomic E-state index is 11.7. The molecule has 0 bridgehead atoms. The van der Waals surface area contributed by atoms with Gasteiger partial charge in [0.05, 0.1) is 25.2 Å². The molecule has 0 atom stereocenters. The van der Waals surface area contributed by atoms with Crippen LogP contribution in [-0.4, -0.2) is 69.0 Å². The molecule has 0 aliphatic heterocycles. The number of hydrogen-bond acceptors (Lipinski definition) is 8.